The molecule has 4 heterocycles. The fourth-order valence-electron chi connectivity index (χ4n) is 3.59. The average molecular weight is 449 g/mol. The summed E-state index contributed by atoms with van der Waals surface area (Å²) >= 11 is 1.49. The Balaban J connectivity index is 1.53. The van der Waals surface area contributed by atoms with E-state index in [9.17, 15) is 4.39 Å². The van der Waals surface area contributed by atoms with E-state index in [1.165, 1.54) is 23.9 Å². The molecule has 1 atom stereocenters. The Morgan fingerprint density at radius 1 is 1.09 bits per heavy atom. The van der Waals surface area contributed by atoms with E-state index in [2.05, 4.69) is 16.4 Å². The lowest BCUT2D eigenvalue weighted by Crippen LogP contribution is -2.32. The van der Waals surface area contributed by atoms with Gasteiger partial charge < -0.3 is 4.74 Å². The van der Waals surface area contributed by atoms with Crippen molar-refractivity contribution in [2.45, 2.75) is 22.8 Å². The number of methoxy groups -OCH3 is 1. The standard InChI is InChI=1S/C23H21FN6OS/c1-31-12-2-9-26-21-19-13-17(15-3-5-18(24)6-4-15)14-27-22(19)32-23-28-20(29-30(21)23)16-7-10-25-11-8-16/h3-8,10-11,13-14,21,26H,2,9,12H2,1H3/t21-/m1/s1. The lowest BCUT2D eigenvalue weighted by atomic mass is 10.0. The first-order valence-electron chi connectivity index (χ1n) is 10.3. The number of pyridine rings is 2. The quantitative estimate of drug-likeness (QED) is 0.425. The van der Waals surface area contributed by atoms with Gasteiger partial charge in [0.1, 0.15) is 17.0 Å². The predicted molar refractivity (Wildman–Crippen MR) is 120 cm³/mol. The molecule has 1 N–H and O–H groups in total. The van der Waals surface area contributed by atoms with E-state index in [1.54, 1.807) is 31.6 Å². The molecule has 32 heavy (non-hydrogen) atoms. The second kappa shape index (κ2) is 9.15. The third-order valence-corrected chi connectivity index (χ3v) is 6.18. The maximum absolute atomic E-state index is 13.4. The van der Waals surface area contributed by atoms with Crippen LogP contribution in [0.5, 0.6) is 0 Å². The van der Waals surface area contributed by atoms with Crippen molar-refractivity contribution >= 4 is 11.8 Å². The van der Waals surface area contributed by atoms with Crippen LogP contribution in [0.3, 0.4) is 0 Å². The maximum Gasteiger partial charge on any atom is 0.194 e. The minimum absolute atomic E-state index is 0.228. The first kappa shape index (κ1) is 20.7. The molecule has 162 valence electrons. The van der Waals surface area contributed by atoms with Crippen molar-refractivity contribution in [2.75, 3.05) is 20.3 Å². The fraction of sp³-hybridized carbons (Fsp3) is 0.217. The zero-order chi connectivity index (χ0) is 21.9. The molecule has 0 saturated carbocycles. The third-order valence-electron chi connectivity index (χ3n) is 5.18. The molecule has 0 spiro atoms. The third kappa shape index (κ3) is 4.14. The number of fused-ring (bicyclic) bond motifs is 2. The van der Waals surface area contributed by atoms with Gasteiger partial charge in [0.2, 0.25) is 0 Å². The second-order valence-corrected chi connectivity index (χ2v) is 8.28. The molecule has 7 nitrogen and oxygen atoms in total. The molecule has 5 rings (SSSR count). The Labute approximate surface area is 189 Å². The molecular formula is C23H21FN6OS. The molecule has 0 fully saturated rings. The van der Waals surface area contributed by atoms with Crippen molar-refractivity contribution in [3.05, 3.63) is 72.4 Å². The second-order valence-electron chi connectivity index (χ2n) is 7.33. The van der Waals surface area contributed by atoms with Crippen LogP contribution in [0.2, 0.25) is 0 Å². The lowest BCUT2D eigenvalue weighted by Gasteiger charge is -2.26. The molecule has 0 bridgehead atoms. The molecule has 0 amide bonds. The topological polar surface area (TPSA) is 77.8 Å². The van der Waals surface area contributed by atoms with Gasteiger partial charge in [0.05, 0.1) is 0 Å². The zero-order valence-corrected chi connectivity index (χ0v) is 18.2. The monoisotopic (exact) mass is 448 g/mol. The van der Waals surface area contributed by atoms with Crippen molar-refractivity contribution in [1.82, 2.24) is 30.0 Å². The van der Waals surface area contributed by atoms with Crippen molar-refractivity contribution < 1.29 is 9.13 Å². The molecule has 0 aliphatic carbocycles. The van der Waals surface area contributed by atoms with Crippen molar-refractivity contribution in [2.24, 2.45) is 0 Å². The van der Waals surface area contributed by atoms with Gasteiger partial charge in [-0.2, -0.15) is 0 Å². The Morgan fingerprint density at radius 2 is 1.91 bits per heavy atom. The number of hydrogen-bond acceptors (Lipinski definition) is 7. The van der Waals surface area contributed by atoms with Crippen LogP contribution in [0, 0.1) is 5.82 Å². The first-order valence-corrected chi connectivity index (χ1v) is 11.1. The first-order chi connectivity index (χ1) is 15.7. The van der Waals surface area contributed by atoms with Gasteiger partial charge in [-0.05, 0) is 60.6 Å². The number of aromatic nitrogens is 5. The summed E-state index contributed by atoms with van der Waals surface area (Å²) in [4.78, 5) is 13.5. The Kier molecular flexibility index (Phi) is 5.93. The van der Waals surface area contributed by atoms with Gasteiger partial charge in [0.15, 0.2) is 11.0 Å². The lowest BCUT2D eigenvalue weighted by molar-refractivity contribution is 0.191. The largest absolute Gasteiger partial charge is 0.385 e. The van der Waals surface area contributed by atoms with Gasteiger partial charge in [-0.15, -0.1) is 5.10 Å². The molecule has 9 heteroatoms. The van der Waals surface area contributed by atoms with E-state index in [4.69, 9.17) is 19.8 Å². The highest BCUT2D eigenvalue weighted by atomic mass is 32.2. The summed E-state index contributed by atoms with van der Waals surface area (Å²) in [5, 5.41) is 10.0. The summed E-state index contributed by atoms with van der Waals surface area (Å²) in [5.41, 5.74) is 3.75. The summed E-state index contributed by atoms with van der Waals surface area (Å²) in [7, 11) is 1.70. The van der Waals surface area contributed by atoms with Gasteiger partial charge in [-0.3, -0.25) is 10.3 Å². The van der Waals surface area contributed by atoms with Crippen LogP contribution in [0.1, 0.15) is 18.2 Å². The molecule has 0 radical (unpaired) electrons. The summed E-state index contributed by atoms with van der Waals surface area (Å²) < 4.78 is 20.5. The van der Waals surface area contributed by atoms with Crippen LogP contribution < -0.4 is 5.32 Å². The maximum atomic E-state index is 13.4. The van der Waals surface area contributed by atoms with Gasteiger partial charge >= 0.3 is 0 Å². The molecular weight excluding hydrogens is 427 g/mol. The molecule has 3 aromatic heterocycles. The number of benzene rings is 1. The minimum Gasteiger partial charge on any atom is -0.385 e. The van der Waals surface area contributed by atoms with Crippen LogP contribution >= 0.6 is 11.8 Å². The number of rotatable bonds is 7. The number of halogens is 1. The van der Waals surface area contributed by atoms with E-state index >= 15 is 0 Å². The smallest absolute Gasteiger partial charge is 0.194 e. The van der Waals surface area contributed by atoms with Crippen molar-refractivity contribution in [1.29, 1.82) is 0 Å². The van der Waals surface area contributed by atoms with Gasteiger partial charge in [-0.25, -0.2) is 19.0 Å². The Hall–Kier alpha value is -3.14. The van der Waals surface area contributed by atoms with Crippen LogP contribution in [-0.2, 0) is 4.74 Å². The molecule has 0 unspecified atom stereocenters. The molecule has 0 saturated heterocycles. The normalized spacial score (nSPS) is 14.8. The molecule has 1 aromatic carbocycles. The van der Waals surface area contributed by atoms with Crippen LogP contribution in [0.25, 0.3) is 22.5 Å². The van der Waals surface area contributed by atoms with E-state index in [0.717, 1.165) is 45.4 Å². The Bertz CT molecular complexity index is 1220. The summed E-state index contributed by atoms with van der Waals surface area (Å²) in [5.74, 6) is 0.383. The minimum atomic E-state index is -0.260. The van der Waals surface area contributed by atoms with Crippen LogP contribution in [-0.4, -0.2) is 45.0 Å². The molecule has 4 aromatic rings. The molecule has 1 aliphatic heterocycles. The summed E-state index contributed by atoms with van der Waals surface area (Å²) in [6.07, 6.45) is 5.91. The van der Waals surface area contributed by atoms with Gasteiger partial charge in [-0.1, -0.05) is 12.1 Å². The number of nitrogens with zero attached hydrogens (tertiary/aromatic N) is 5. The van der Waals surface area contributed by atoms with Gasteiger partial charge in [0.25, 0.3) is 0 Å². The van der Waals surface area contributed by atoms with Crippen molar-refractivity contribution in [3.8, 4) is 22.5 Å². The van der Waals surface area contributed by atoms with Crippen LogP contribution in [0.15, 0.2) is 71.2 Å². The van der Waals surface area contributed by atoms with E-state index in [-0.39, 0.29) is 12.0 Å². The number of hydrogen-bond donors (Lipinski definition) is 1. The highest BCUT2D eigenvalue weighted by Gasteiger charge is 2.30. The fourth-order valence-corrected chi connectivity index (χ4v) is 4.53. The van der Waals surface area contributed by atoms with Crippen LogP contribution in [0.4, 0.5) is 4.39 Å². The number of ether oxygens (including phenoxy) is 1. The highest BCUT2D eigenvalue weighted by molar-refractivity contribution is 7.99. The van der Waals surface area contributed by atoms with E-state index in [0.29, 0.717) is 12.4 Å². The number of nitrogens with one attached hydrogen (secondary N) is 1. The van der Waals surface area contributed by atoms with E-state index in [1.807, 2.05) is 23.0 Å². The zero-order valence-electron chi connectivity index (χ0n) is 17.4. The summed E-state index contributed by atoms with van der Waals surface area (Å²) in [6, 6.07) is 12.3. The highest BCUT2D eigenvalue weighted by Crippen LogP contribution is 2.40. The van der Waals surface area contributed by atoms with Gasteiger partial charge in [0, 0.05) is 49.0 Å². The Morgan fingerprint density at radius 3 is 2.69 bits per heavy atom. The average Bonchev–Trinajstić information content (AvgIpc) is 3.26. The predicted octanol–water partition coefficient (Wildman–Crippen LogP) is 4.18. The SMILES string of the molecule is COCCCN[C@H]1c2cc(-c3ccc(F)cc3)cnc2Sc2nc(-c3ccncc3)nn21. The van der Waals surface area contributed by atoms with Crippen molar-refractivity contribution in [3.63, 3.8) is 0 Å². The summed E-state index contributed by atoms with van der Waals surface area (Å²) in [6.45, 7) is 1.41. The van der Waals surface area contributed by atoms with E-state index < -0.39 is 0 Å². The molecule has 1 aliphatic rings.